The number of carbonyl (C=O) groups is 1. The van der Waals surface area contributed by atoms with Crippen molar-refractivity contribution in [1.82, 2.24) is 0 Å². The van der Waals surface area contributed by atoms with Gasteiger partial charge in [-0.1, -0.05) is 48.0 Å². The van der Waals surface area contributed by atoms with Crippen LogP contribution in [0.5, 0.6) is 0 Å². The van der Waals surface area contributed by atoms with Crippen molar-refractivity contribution in [1.29, 1.82) is 0 Å². The Morgan fingerprint density at radius 1 is 1.21 bits per heavy atom. The maximum absolute atomic E-state index is 13.6. The molecule has 0 bridgehead atoms. The lowest BCUT2D eigenvalue weighted by Gasteiger charge is -2.11. The van der Waals surface area contributed by atoms with E-state index in [-0.39, 0.29) is 12.2 Å². The maximum atomic E-state index is 13.6. The summed E-state index contributed by atoms with van der Waals surface area (Å²) in [4.78, 5) is 12.0. The lowest BCUT2D eigenvalue weighted by Crippen LogP contribution is -2.23. The minimum Gasteiger partial charge on any atom is -0.318 e. The molecule has 2 aromatic rings. The molecule has 0 aliphatic heterocycles. The van der Waals surface area contributed by atoms with Gasteiger partial charge in [-0.2, -0.15) is 0 Å². The smallest absolute Gasteiger partial charge is 0.158 e. The molecule has 1 atom stereocenters. The van der Waals surface area contributed by atoms with E-state index in [1.54, 1.807) is 18.2 Å². The van der Waals surface area contributed by atoms with Crippen LogP contribution in [0, 0.1) is 5.82 Å². The maximum Gasteiger partial charge on any atom is 0.158 e. The van der Waals surface area contributed by atoms with Gasteiger partial charge in [0.2, 0.25) is 0 Å². The normalized spacial score (nSPS) is 12.2. The van der Waals surface area contributed by atoms with Crippen molar-refractivity contribution in [3.63, 3.8) is 0 Å². The zero-order valence-corrected chi connectivity index (χ0v) is 10.9. The molecule has 2 rings (SSSR count). The van der Waals surface area contributed by atoms with E-state index in [9.17, 15) is 9.18 Å². The average Bonchev–Trinajstić information content (AvgIpc) is 2.42. The number of ketones is 1. The van der Waals surface area contributed by atoms with Gasteiger partial charge >= 0.3 is 0 Å². The Morgan fingerprint density at radius 2 is 1.89 bits per heavy atom. The fourth-order valence-electron chi connectivity index (χ4n) is 1.81. The van der Waals surface area contributed by atoms with Crippen LogP contribution in [0.3, 0.4) is 0 Å². The first-order chi connectivity index (χ1) is 9.08. The van der Waals surface area contributed by atoms with Crippen LogP contribution in [0.25, 0.3) is 0 Å². The highest BCUT2D eigenvalue weighted by atomic mass is 35.5. The SMILES string of the molecule is NC(C(=O)Cc1ccc(Cl)cc1F)c1ccccc1. The Bertz CT molecular complexity index is 586. The van der Waals surface area contributed by atoms with Crippen molar-refractivity contribution in [2.24, 2.45) is 5.73 Å². The first-order valence-corrected chi connectivity index (χ1v) is 6.23. The fourth-order valence-corrected chi connectivity index (χ4v) is 1.97. The van der Waals surface area contributed by atoms with Crippen LogP contribution in [0.1, 0.15) is 17.2 Å². The van der Waals surface area contributed by atoms with Crippen LogP contribution < -0.4 is 5.73 Å². The number of nitrogens with two attached hydrogens (primary N) is 1. The molecule has 0 saturated carbocycles. The molecule has 2 N–H and O–H groups in total. The number of benzene rings is 2. The molecule has 0 radical (unpaired) electrons. The van der Waals surface area contributed by atoms with Crippen molar-refractivity contribution in [3.8, 4) is 0 Å². The monoisotopic (exact) mass is 277 g/mol. The third kappa shape index (κ3) is 3.40. The van der Waals surface area contributed by atoms with Gasteiger partial charge in [-0.3, -0.25) is 4.79 Å². The van der Waals surface area contributed by atoms with Crippen LogP contribution in [-0.4, -0.2) is 5.78 Å². The van der Waals surface area contributed by atoms with E-state index in [1.807, 2.05) is 18.2 Å². The number of hydrogen-bond donors (Lipinski definition) is 1. The molecule has 0 spiro atoms. The van der Waals surface area contributed by atoms with Crippen LogP contribution in [0.2, 0.25) is 5.02 Å². The Morgan fingerprint density at radius 3 is 2.53 bits per heavy atom. The van der Waals surface area contributed by atoms with Gasteiger partial charge in [0.15, 0.2) is 5.78 Å². The standard InChI is InChI=1S/C15H13ClFNO/c16-12-7-6-11(13(17)9-12)8-14(19)15(18)10-4-2-1-3-5-10/h1-7,9,15H,8,18H2. The number of carbonyl (C=O) groups excluding carboxylic acids is 1. The second-order valence-electron chi connectivity index (χ2n) is 4.27. The summed E-state index contributed by atoms with van der Waals surface area (Å²) in [5, 5.41) is 0.307. The van der Waals surface area contributed by atoms with E-state index < -0.39 is 11.9 Å². The highest BCUT2D eigenvalue weighted by Crippen LogP contribution is 2.18. The van der Waals surface area contributed by atoms with Crippen molar-refractivity contribution >= 4 is 17.4 Å². The third-order valence-corrected chi connectivity index (χ3v) is 3.12. The minimum absolute atomic E-state index is 0.0426. The first-order valence-electron chi connectivity index (χ1n) is 5.85. The van der Waals surface area contributed by atoms with Gasteiger partial charge in [0.1, 0.15) is 5.82 Å². The van der Waals surface area contributed by atoms with Crippen molar-refractivity contribution in [2.45, 2.75) is 12.5 Å². The Balaban J connectivity index is 2.13. The van der Waals surface area contributed by atoms with Gasteiger partial charge < -0.3 is 5.73 Å². The topological polar surface area (TPSA) is 43.1 Å². The number of rotatable bonds is 4. The van der Waals surface area contributed by atoms with Crippen LogP contribution >= 0.6 is 11.6 Å². The summed E-state index contributed by atoms with van der Waals surface area (Å²) >= 11 is 5.66. The third-order valence-electron chi connectivity index (χ3n) is 2.89. The van der Waals surface area contributed by atoms with Gasteiger partial charge in [-0.25, -0.2) is 4.39 Å². The molecule has 19 heavy (non-hydrogen) atoms. The molecule has 0 fully saturated rings. The average molecular weight is 278 g/mol. The van der Waals surface area contributed by atoms with Crippen molar-refractivity contribution < 1.29 is 9.18 Å². The zero-order valence-electron chi connectivity index (χ0n) is 10.1. The van der Waals surface area contributed by atoms with Gasteiger partial charge in [0.25, 0.3) is 0 Å². The van der Waals surface area contributed by atoms with E-state index in [0.717, 1.165) is 5.56 Å². The number of halogens is 2. The molecule has 2 aromatic carbocycles. The molecule has 0 amide bonds. The molecule has 4 heteroatoms. The Kier molecular flexibility index (Phi) is 4.30. The fraction of sp³-hybridized carbons (Fsp3) is 0.133. The molecule has 0 aliphatic rings. The van der Waals surface area contributed by atoms with Crippen molar-refractivity contribution in [2.75, 3.05) is 0 Å². The summed E-state index contributed by atoms with van der Waals surface area (Å²) in [6.07, 6.45) is -0.0426. The molecule has 2 nitrogen and oxygen atoms in total. The van der Waals surface area contributed by atoms with Gasteiger partial charge in [-0.05, 0) is 23.3 Å². The second kappa shape index (κ2) is 5.95. The van der Waals surface area contributed by atoms with E-state index >= 15 is 0 Å². The summed E-state index contributed by atoms with van der Waals surface area (Å²) in [6.45, 7) is 0. The quantitative estimate of drug-likeness (QED) is 0.932. The molecule has 0 aromatic heterocycles. The van der Waals surface area contributed by atoms with Gasteiger partial charge in [-0.15, -0.1) is 0 Å². The lowest BCUT2D eigenvalue weighted by molar-refractivity contribution is -0.119. The van der Waals surface area contributed by atoms with E-state index in [0.29, 0.717) is 10.6 Å². The Hall–Kier alpha value is -1.71. The second-order valence-corrected chi connectivity index (χ2v) is 4.70. The summed E-state index contributed by atoms with van der Waals surface area (Å²) in [7, 11) is 0. The van der Waals surface area contributed by atoms with Crippen LogP contribution in [0.4, 0.5) is 4.39 Å². The van der Waals surface area contributed by atoms with E-state index in [2.05, 4.69) is 0 Å². The largest absolute Gasteiger partial charge is 0.318 e. The zero-order chi connectivity index (χ0) is 13.8. The van der Waals surface area contributed by atoms with E-state index in [4.69, 9.17) is 17.3 Å². The molecule has 0 saturated heterocycles. The highest BCUT2D eigenvalue weighted by molar-refractivity contribution is 6.30. The molecular weight excluding hydrogens is 265 g/mol. The van der Waals surface area contributed by atoms with Crippen LogP contribution in [0.15, 0.2) is 48.5 Å². The molecular formula is C15H13ClFNO. The lowest BCUT2D eigenvalue weighted by atomic mass is 9.98. The van der Waals surface area contributed by atoms with Crippen LogP contribution in [-0.2, 0) is 11.2 Å². The predicted octanol–water partition coefficient (Wildman–Crippen LogP) is 3.29. The summed E-state index contributed by atoms with van der Waals surface area (Å²) in [5.74, 6) is -0.714. The highest BCUT2D eigenvalue weighted by Gasteiger charge is 2.17. The van der Waals surface area contributed by atoms with Crippen molar-refractivity contribution in [3.05, 3.63) is 70.5 Å². The Labute approximate surface area is 116 Å². The number of Topliss-reactive ketones (excluding diaryl/α,β-unsaturated/α-hetero) is 1. The molecule has 1 unspecified atom stereocenters. The minimum atomic E-state index is -0.740. The van der Waals surface area contributed by atoms with E-state index in [1.165, 1.54) is 12.1 Å². The summed E-state index contributed by atoms with van der Waals surface area (Å²) in [6, 6.07) is 12.5. The molecule has 0 heterocycles. The summed E-state index contributed by atoms with van der Waals surface area (Å²) < 4.78 is 13.6. The predicted molar refractivity (Wildman–Crippen MR) is 73.5 cm³/mol. The molecule has 0 aliphatic carbocycles. The first kappa shape index (κ1) is 13.7. The molecule has 98 valence electrons. The van der Waals surface area contributed by atoms with Gasteiger partial charge in [0.05, 0.1) is 6.04 Å². The summed E-state index contributed by atoms with van der Waals surface area (Å²) in [5.41, 5.74) is 6.90. The van der Waals surface area contributed by atoms with Gasteiger partial charge in [0, 0.05) is 11.4 Å². The number of hydrogen-bond acceptors (Lipinski definition) is 2.